The van der Waals surface area contributed by atoms with E-state index in [1.807, 2.05) is 37.3 Å². The van der Waals surface area contributed by atoms with E-state index in [4.69, 9.17) is 16.6 Å². The number of thiophene rings is 1. The molecule has 202 valence electrons. The van der Waals surface area contributed by atoms with Crippen LogP contribution in [-0.4, -0.2) is 32.7 Å². The molecule has 0 spiro atoms. The van der Waals surface area contributed by atoms with Crippen LogP contribution in [0.4, 0.5) is 5.69 Å². The van der Waals surface area contributed by atoms with Crippen molar-refractivity contribution in [3.8, 4) is 5.69 Å². The fourth-order valence-corrected chi connectivity index (χ4v) is 7.27. The molecule has 0 fully saturated rings. The molecule has 3 aromatic carbocycles. The Bertz CT molecular complexity index is 1750. The SMILES string of the molecule is Cc1ccc(-n2c(SCC(=O)Nc3cccc(Cl)c3)nc3sc4c(c3c2=O)CCN(Cc2ccccc2)C4)cc1. The van der Waals surface area contributed by atoms with Gasteiger partial charge < -0.3 is 5.32 Å². The summed E-state index contributed by atoms with van der Waals surface area (Å²) >= 11 is 8.91. The van der Waals surface area contributed by atoms with E-state index in [1.165, 1.54) is 22.2 Å². The third kappa shape index (κ3) is 5.71. The highest BCUT2D eigenvalue weighted by Gasteiger charge is 2.26. The number of benzene rings is 3. The van der Waals surface area contributed by atoms with Crippen molar-refractivity contribution in [3.63, 3.8) is 0 Å². The zero-order chi connectivity index (χ0) is 27.6. The minimum absolute atomic E-state index is 0.0828. The molecule has 1 N–H and O–H groups in total. The molecule has 2 aromatic heterocycles. The molecule has 9 heteroatoms. The Hall–Kier alpha value is -3.43. The normalized spacial score (nSPS) is 13.3. The minimum Gasteiger partial charge on any atom is -0.325 e. The number of rotatable bonds is 7. The summed E-state index contributed by atoms with van der Waals surface area (Å²) in [5, 5.41) is 4.63. The Kier molecular flexibility index (Phi) is 7.76. The van der Waals surface area contributed by atoms with Crippen molar-refractivity contribution >= 4 is 56.5 Å². The summed E-state index contributed by atoms with van der Waals surface area (Å²) < 4.78 is 1.66. The van der Waals surface area contributed by atoms with Crippen molar-refractivity contribution in [2.45, 2.75) is 31.6 Å². The zero-order valence-corrected chi connectivity index (χ0v) is 24.3. The van der Waals surface area contributed by atoms with Crippen LogP contribution in [0.25, 0.3) is 15.9 Å². The fraction of sp³-hybridized carbons (Fsp3) is 0.194. The third-order valence-corrected chi connectivity index (χ3v) is 9.19. The molecule has 0 aliphatic carbocycles. The van der Waals surface area contributed by atoms with Gasteiger partial charge in [-0.25, -0.2) is 4.98 Å². The first-order chi connectivity index (χ1) is 19.4. The Morgan fingerprint density at radius 1 is 1.07 bits per heavy atom. The number of amides is 1. The van der Waals surface area contributed by atoms with Crippen LogP contribution in [0.15, 0.2) is 88.8 Å². The predicted molar refractivity (Wildman–Crippen MR) is 165 cm³/mol. The number of carbonyl (C=O) groups excluding carboxylic acids is 1. The fourth-order valence-electron chi connectivity index (χ4n) is 4.97. The van der Waals surface area contributed by atoms with Gasteiger partial charge in [0.25, 0.3) is 5.56 Å². The van der Waals surface area contributed by atoms with Crippen molar-refractivity contribution in [2.75, 3.05) is 17.6 Å². The number of aryl methyl sites for hydroxylation is 1. The molecular formula is C31H27ClN4O2S2. The molecule has 0 atom stereocenters. The Balaban J connectivity index is 1.33. The van der Waals surface area contributed by atoms with Gasteiger partial charge in [-0.15, -0.1) is 11.3 Å². The second-order valence-corrected chi connectivity index (χ2v) is 12.3. The topological polar surface area (TPSA) is 67.2 Å². The molecule has 0 radical (unpaired) electrons. The summed E-state index contributed by atoms with van der Waals surface area (Å²) in [6.45, 7) is 4.57. The summed E-state index contributed by atoms with van der Waals surface area (Å²) in [4.78, 5) is 36.2. The highest BCUT2D eigenvalue weighted by Crippen LogP contribution is 2.35. The highest BCUT2D eigenvalue weighted by molar-refractivity contribution is 7.99. The van der Waals surface area contributed by atoms with Gasteiger partial charge in [0.05, 0.1) is 16.8 Å². The maximum absolute atomic E-state index is 14.1. The lowest BCUT2D eigenvalue weighted by Crippen LogP contribution is -2.30. The van der Waals surface area contributed by atoms with E-state index < -0.39 is 0 Å². The first kappa shape index (κ1) is 26.8. The van der Waals surface area contributed by atoms with E-state index in [1.54, 1.807) is 40.2 Å². The molecule has 40 heavy (non-hydrogen) atoms. The molecule has 0 unspecified atom stereocenters. The predicted octanol–water partition coefficient (Wildman–Crippen LogP) is 6.70. The van der Waals surface area contributed by atoms with Crippen molar-refractivity contribution in [2.24, 2.45) is 0 Å². The van der Waals surface area contributed by atoms with Crippen LogP contribution in [0, 0.1) is 6.92 Å². The van der Waals surface area contributed by atoms with Gasteiger partial charge in [0, 0.05) is 35.2 Å². The summed E-state index contributed by atoms with van der Waals surface area (Å²) in [6.07, 6.45) is 0.807. The zero-order valence-electron chi connectivity index (χ0n) is 21.9. The second-order valence-electron chi connectivity index (χ2n) is 9.85. The number of hydrogen-bond donors (Lipinski definition) is 1. The van der Waals surface area contributed by atoms with E-state index in [9.17, 15) is 9.59 Å². The van der Waals surface area contributed by atoms with Gasteiger partial charge in [0.2, 0.25) is 5.91 Å². The largest absolute Gasteiger partial charge is 0.325 e. The quantitative estimate of drug-likeness (QED) is 0.170. The maximum Gasteiger partial charge on any atom is 0.267 e. The molecule has 1 aliphatic rings. The number of carbonyl (C=O) groups is 1. The number of nitrogens with one attached hydrogen (secondary N) is 1. The summed E-state index contributed by atoms with van der Waals surface area (Å²) in [5.74, 6) is -0.0918. The van der Waals surface area contributed by atoms with Gasteiger partial charge in [0.1, 0.15) is 4.83 Å². The summed E-state index contributed by atoms with van der Waals surface area (Å²) in [7, 11) is 0. The van der Waals surface area contributed by atoms with Gasteiger partial charge in [-0.2, -0.15) is 0 Å². The number of fused-ring (bicyclic) bond motifs is 3. The smallest absolute Gasteiger partial charge is 0.267 e. The van der Waals surface area contributed by atoms with E-state index in [0.29, 0.717) is 21.3 Å². The molecule has 1 aliphatic heterocycles. The van der Waals surface area contributed by atoms with Crippen LogP contribution in [0.2, 0.25) is 5.02 Å². The van der Waals surface area contributed by atoms with Gasteiger partial charge >= 0.3 is 0 Å². The molecule has 1 amide bonds. The lowest BCUT2D eigenvalue weighted by Gasteiger charge is -2.26. The van der Waals surface area contributed by atoms with Crippen molar-refractivity contribution < 1.29 is 4.79 Å². The first-order valence-electron chi connectivity index (χ1n) is 13.0. The van der Waals surface area contributed by atoms with Gasteiger partial charge in [-0.1, -0.05) is 77.5 Å². The number of thioether (sulfide) groups is 1. The van der Waals surface area contributed by atoms with Gasteiger partial charge in [-0.3, -0.25) is 19.1 Å². The minimum atomic E-state index is -0.195. The van der Waals surface area contributed by atoms with Crippen LogP contribution in [0.3, 0.4) is 0 Å². The van der Waals surface area contributed by atoms with E-state index in [2.05, 4.69) is 34.5 Å². The molecule has 6 nitrogen and oxygen atoms in total. The highest BCUT2D eigenvalue weighted by atomic mass is 35.5. The molecule has 0 saturated heterocycles. The summed E-state index contributed by atoms with van der Waals surface area (Å²) in [5.41, 5.74) is 4.78. The Labute approximate surface area is 245 Å². The Morgan fingerprint density at radius 3 is 2.65 bits per heavy atom. The monoisotopic (exact) mass is 586 g/mol. The number of hydrogen-bond acceptors (Lipinski definition) is 6. The van der Waals surface area contributed by atoms with Crippen LogP contribution in [0.1, 0.15) is 21.6 Å². The van der Waals surface area contributed by atoms with Crippen LogP contribution >= 0.6 is 34.7 Å². The standard InChI is InChI=1S/C31H27ClN4O2S2/c1-20-10-12-24(13-11-20)36-30(38)28-25-14-15-35(17-21-6-3-2-4-7-21)18-26(25)40-29(28)34-31(36)39-19-27(37)33-23-9-5-8-22(32)16-23/h2-13,16H,14-15,17-19H2,1H3,(H,33,37). The average Bonchev–Trinajstić information content (AvgIpc) is 3.31. The number of anilines is 1. The Morgan fingerprint density at radius 2 is 1.88 bits per heavy atom. The molecule has 0 bridgehead atoms. The molecule has 3 heterocycles. The second kappa shape index (κ2) is 11.6. The van der Waals surface area contributed by atoms with Gasteiger partial charge in [0.15, 0.2) is 5.16 Å². The number of aromatic nitrogens is 2. The van der Waals surface area contributed by atoms with E-state index in [0.717, 1.165) is 47.7 Å². The van der Waals surface area contributed by atoms with Crippen molar-refractivity contribution in [1.82, 2.24) is 14.5 Å². The van der Waals surface area contributed by atoms with Crippen molar-refractivity contribution in [3.05, 3.63) is 116 Å². The molecule has 5 aromatic rings. The van der Waals surface area contributed by atoms with Crippen LogP contribution < -0.4 is 10.9 Å². The average molecular weight is 587 g/mol. The number of nitrogens with zero attached hydrogens (tertiary/aromatic N) is 3. The molecule has 6 rings (SSSR count). The van der Waals surface area contributed by atoms with E-state index >= 15 is 0 Å². The lowest BCUT2D eigenvalue weighted by atomic mass is 10.0. The van der Waals surface area contributed by atoms with Crippen LogP contribution in [0.5, 0.6) is 0 Å². The molecular weight excluding hydrogens is 560 g/mol. The molecule has 0 saturated carbocycles. The summed E-state index contributed by atoms with van der Waals surface area (Å²) in [6, 6.07) is 25.3. The lowest BCUT2D eigenvalue weighted by molar-refractivity contribution is -0.113. The van der Waals surface area contributed by atoms with Crippen LogP contribution in [-0.2, 0) is 24.3 Å². The number of halogens is 1. The first-order valence-corrected chi connectivity index (χ1v) is 15.2. The van der Waals surface area contributed by atoms with Crippen molar-refractivity contribution in [1.29, 1.82) is 0 Å². The van der Waals surface area contributed by atoms with E-state index in [-0.39, 0.29) is 17.2 Å². The maximum atomic E-state index is 14.1. The van der Waals surface area contributed by atoms with Gasteiger partial charge in [-0.05, 0) is 54.8 Å². The third-order valence-electron chi connectivity index (χ3n) is 6.90.